The lowest BCUT2D eigenvalue weighted by Gasteiger charge is -2.18. The molecule has 0 aliphatic carbocycles. The molecule has 1 aromatic carbocycles. The molecule has 0 aliphatic heterocycles. The molecule has 0 saturated heterocycles. The van der Waals surface area contributed by atoms with Crippen molar-refractivity contribution in [3.05, 3.63) is 35.6 Å². The van der Waals surface area contributed by atoms with Crippen molar-refractivity contribution in [1.82, 2.24) is 5.32 Å². The summed E-state index contributed by atoms with van der Waals surface area (Å²) in [5.74, 6) is -0.434. The second kappa shape index (κ2) is 7.66. The van der Waals surface area contributed by atoms with Gasteiger partial charge in [0.15, 0.2) is 0 Å². The van der Waals surface area contributed by atoms with Crippen LogP contribution in [0.5, 0.6) is 0 Å². The van der Waals surface area contributed by atoms with Gasteiger partial charge in [0.25, 0.3) is 0 Å². The summed E-state index contributed by atoms with van der Waals surface area (Å²) < 4.78 is 24.5. The van der Waals surface area contributed by atoms with Crippen LogP contribution in [0, 0.1) is 5.82 Å². The Bertz CT molecular complexity index is 514. The van der Waals surface area contributed by atoms with Crippen LogP contribution in [0.2, 0.25) is 0 Å². The third-order valence-electron chi connectivity index (χ3n) is 2.90. The van der Waals surface area contributed by atoms with Gasteiger partial charge in [-0.25, -0.2) is 4.39 Å². The summed E-state index contributed by atoms with van der Waals surface area (Å²) in [7, 11) is -1.03. The third-order valence-corrected chi connectivity index (χ3v) is 4.85. The normalized spacial score (nSPS) is 14.5. The van der Waals surface area contributed by atoms with Crippen molar-refractivity contribution in [3.8, 4) is 0 Å². The molecule has 118 valence electrons. The van der Waals surface area contributed by atoms with Crippen LogP contribution in [0.25, 0.3) is 0 Å². The van der Waals surface area contributed by atoms with Crippen LogP contribution >= 0.6 is 0 Å². The largest absolute Gasteiger partial charge is 0.388 e. The number of hydrogen-bond donors (Lipinski definition) is 2. The summed E-state index contributed by atoms with van der Waals surface area (Å²) in [5, 5.41) is 12.5. The van der Waals surface area contributed by atoms with Gasteiger partial charge >= 0.3 is 0 Å². The average molecular weight is 315 g/mol. The van der Waals surface area contributed by atoms with Gasteiger partial charge in [0, 0.05) is 27.8 Å². The predicted molar refractivity (Wildman–Crippen MR) is 81.7 cm³/mol. The molecular weight excluding hydrogens is 293 g/mol. The van der Waals surface area contributed by atoms with E-state index in [9.17, 15) is 18.5 Å². The highest BCUT2D eigenvalue weighted by Crippen LogP contribution is 2.17. The van der Waals surface area contributed by atoms with Crippen molar-refractivity contribution >= 4 is 16.7 Å². The molecule has 0 bridgehead atoms. The van der Waals surface area contributed by atoms with E-state index in [2.05, 4.69) is 5.32 Å². The molecule has 4 nitrogen and oxygen atoms in total. The van der Waals surface area contributed by atoms with Crippen LogP contribution < -0.4 is 5.32 Å². The lowest BCUT2D eigenvalue weighted by Crippen LogP contribution is -2.33. The Labute approximate surface area is 127 Å². The first-order valence-electron chi connectivity index (χ1n) is 6.79. The maximum Gasteiger partial charge on any atom is 0.222 e. The van der Waals surface area contributed by atoms with Crippen molar-refractivity contribution in [3.63, 3.8) is 0 Å². The molecule has 0 radical (unpaired) electrons. The molecule has 0 fully saturated rings. The first kappa shape index (κ1) is 17.8. The Balaban J connectivity index is 2.39. The molecule has 0 spiro atoms. The fourth-order valence-electron chi connectivity index (χ4n) is 1.67. The zero-order chi connectivity index (χ0) is 16.0. The number of carbonyl (C=O) groups is 1. The summed E-state index contributed by atoms with van der Waals surface area (Å²) in [4.78, 5) is 11.7. The topological polar surface area (TPSA) is 66.4 Å². The summed E-state index contributed by atoms with van der Waals surface area (Å²) in [6, 6.07) is 5.53. The van der Waals surface area contributed by atoms with Crippen molar-refractivity contribution in [2.75, 3.05) is 12.3 Å². The lowest BCUT2D eigenvalue weighted by atomic mass is 10.1. The van der Waals surface area contributed by atoms with Crippen LogP contribution in [0.1, 0.15) is 38.9 Å². The van der Waals surface area contributed by atoms with E-state index >= 15 is 0 Å². The van der Waals surface area contributed by atoms with E-state index in [-0.39, 0.29) is 17.1 Å². The van der Waals surface area contributed by atoms with Gasteiger partial charge in [-0.2, -0.15) is 0 Å². The number of aliphatic hydroxyl groups is 1. The van der Waals surface area contributed by atoms with E-state index in [1.165, 1.54) is 18.2 Å². The van der Waals surface area contributed by atoms with Gasteiger partial charge in [-0.15, -0.1) is 0 Å². The predicted octanol–water partition coefficient (Wildman–Crippen LogP) is 1.91. The average Bonchev–Trinajstić information content (AvgIpc) is 2.37. The van der Waals surface area contributed by atoms with Crippen LogP contribution in [0.3, 0.4) is 0 Å². The molecule has 1 rings (SSSR count). The molecule has 0 aliphatic rings. The first-order chi connectivity index (χ1) is 9.70. The van der Waals surface area contributed by atoms with Crippen molar-refractivity contribution < 1.29 is 18.5 Å². The highest BCUT2D eigenvalue weighted by molar-refractivity contribution is 7.86. The smallest absolute Gasteiger partial charge is 0.222 e. The molecule has 2 unspecified atom stereocenters. The number of halogens is 1. The van der Waals surface area contributed by atoms with Gasteiger partial charge in [-0.1, -0.05) is 12.1 Å². The highest BCUT2D eigenvalue weighted by Gasteiger charge is 2.19. The summed E-state index contributed by atoms with van der Waals surface area (Å²) in [6.45, 7) is 5.91. The molecule has 21 heavy (non-hydrogen) atoms. The van der Waals surface area contributed by atoms with E-state index in [0.717, 1.165) is 0 Å². The number of rotatable bonds is 6. The quantitative estimate of drug-likeness (QED) is 0.843. The minimum absolute atomic E-state index is 0.147. The number of carbonyl (C=O) groups excluding carboxylic acids is 1. The zero-order valence-corrected chi connectivity index (χ0v) is 13.4. The lowest BCUT2D eigenvalue weighted by molar-refractivity contribution is -0.122. The van der Waals surface area contributed by atoms with Crippen LogP contribution in [-0.2, 0) is 15.6 Å². The summed E-state index contributed by atoms with van der Waals surface area (Å²) in [5.41, 5.74) is 0.364. The number of amides is 1. The monoisotopic (exact) mass is 315 g/mol. The Morgan fingerprint density at radius 1 is 1.43 bits per heavy atom. The number of aliphatic hydroxyl groups excluding tert-OH is 1. The Hall–Kier alpha value is -1.27. The van der Waals surface area contributed by atoms with Crippen LogP contribution in [-0.4, -0.2) is 32.3 Å². The maximum absolute atomic E-state index is 13.0. The fourth-order valence-corrected chi connectivity index (χ4v) is 2.57. The van der Waals surface area contributed by atoms with Crippen molar-refractivity contribution in [2.24, 2.45) is 0 Å². The Morgan fingerprint density at radius 2 is 2.10 bits per heavy atom. The Kier molecular flexibility index (Phi) is 6.48. The molecule has 2 N–H and O–H groups in total. The van der Waals surface area contributed by atoms with Gasteiger partial charge in [0.2, 0.25) is 5.91 Å². The standard InChI is InChI=1S/C15H22FNO3S/c1-15(2,3)21(20)8-7-17-14(19)10-13(18)11-5-4-6-12(16)9-11/h4-6,9,13,18H,7-8,10H2,1-3H3,(H,17,19). The third kappa shape index (κ3) is 6.35. The fraction of sp³-hybridized carbons (Fsp3) is 0.533. The number of benzene rings is 1. The summed E-state index contributed by atoms with van der Waals surface area (Å²) >= 11 is 0. The summed E-state index contributed by atoms with van der Waals surface area (Å²) in [6.07, 6.45) is -1.19. The molecule has 2 atom stereocenters. The number of hydrogen-bond acceptors (Lipinski definition) is 3. The minimum atomic E-state index is -1.05. The molecule has 0 saturated carbocycles. The SMILES string of the molecule is CC(C)(C)S(=O)CCNC(=O)CC(O)c1cccc(F)c1. The van der Waals surface area contributed by atoms with Crippen molar-refractivity contribution in [1.29, 1.82) is 0 Å². The molecule has 6 heteroatoms. The molecule has 0 aromatic heterocycles. The second-order valence-corrected chi connectivity index (χ2v) is 8.11. The second-order valence-electron chi connectivity index (χ2n) is 5.79. The van der Waals surface area contributed by atoms with Crippen LogP contribution in [0.4, 0.5) is 4.39 Å². The first-order valence-corrected chi connectivity index (χ1v) is 8.11. The Morgan fingerprint density at radius 3 is 2.67 bits per heavy atom. The van der Waals surface area contributed by atoms with Crippen LogP contribution in [0.15, 0.2) is 24.3 Å². The number of nitrogens with one attached hydrogen (secondary N) is 1. The zero-order valence-electron chi connectivity index (χ0n) is 12.6. The van der Waals surface area contributed by atoms with E-state index in [1.807, 2.05) is 20.8 Å². The molecular formula is C15H22FNO3S. The highest BCUT2D eigenvalue weighted by atomic mass is 32.2. The van der Waals surface area contributed by atoms with Gasteiger partial charge in [-0.05, 0) is 38.5 Å². The minimum Gasteiger partial charge on any atom is -0.388 e. The maximum atomic E-state index is 13.0. The van der Waals surface area contributed by atoms with Gasteiger partial charge in [0.05, 0.1) is 12.5 Å². The van der Waals surface area contributed by atoms with E-state index in [1.54, 1.807) is 6.07 Å². The van der Waals surface area contributed by atoms with E-state index < -0.39 is 22.7 Å². The van der Waals surface area contributed by atoms with Gasteiger partial charge in [0.1, 0.15) is 5.82 Å². The van der Waals surface area contributed by atoms with Gasteiger partial charge < -0.3 is 10.4 Å². The molecule has 0 heterocycles. The van der Waals surface area contributed by atoms with E-state index in [4.69, 9.17) is 0 Å². The molecule has 1 amide bonds. The molecule has 1 aromatic rings. The van der Waals surface area contributed by atoms with Gasteiger partial charge in [-0.3, -0.25) is 9.00 Å². The van der Waals surface area contributed by atoms with E-state index in [0.29, 0.717) is 17.9 Å². The van der Waals surface area contributed by atoms with Crippen molar-refractivity contribution in [2.45, 2.75) is 38.0 Å².